The molecule has 1 aromatic heterocycles. The molecule has 2 aliphatic rings. The molecule has 2 fully saturated rings. The van der Waals surface area contributed by atoms with E-state index in [-0.39, 0.29) is 17.4 Å². The molecule has 3 aromatic rings. The van der Waals surface area contributed by atoms with Gasteiger partial charge in [-0.05, 0) is 48.1 Å². The third-order valence-electron chi connectivity index (χ3n) is 7.49. The van der Waals surface area contributed by atoms with Crippen LogP contribution < -0.4 is 5.32 Å². The smallest absolute Gasteiger partial charge is 0.222 e. The van der Waals surface area contributed by atoms with Crippen molar-refractivity contribution in [3.63, 3.8) is 0 Å². The second kappa shape index (κ2) is 11.0. The van der Waals surface area contributed by atoms with Gasteiger partial charge < -0.3 is 10.2 Å². The molecule has 186 valence electrons. The monoisotopic (exact) mass is 482 g/mol. The predicted octanol–water partition coefficient (Wildman–Crippen LogP) is 4.06. The van der Waals surface area contributed by atoms with Crippen molar-refractivity contribution in [3.8, 4) is 11.1 Å². The molecule has 2 aliphatic heterocycles. The maximum atomic E-state index is 13.1. The van der Waals surface area contributed by atoms with Crippen LogP contribution in [0, 0.1) is 0 Å². The van der Waals surface area contributed by atoms with E-state index in [0.717, 1.165) is 51.3 Å². The topological polar surface area (TPSA) is 65.5 Å². The first-order chi connectivity index (χ1) is 17.6. The van der Waals surface area contributed by atoms with Gasteiger partial charge in [0.05, 0.1) is 5.69 Å². The van der Waals surface area contributed by atoms with Crippen molar-refractivity contribution in [1.82, 2.24) is 20.1 Å². The molecule has 0 spiro atoms. The van der Waals surface area contributed by atoms with Crippen molar-refractivity contribution in [3.05, 3.63) is 90.3 Å². The van der Waals surface area contributed by atoms with Gasteiger partial charge in [0.25, 0.3) is 0 Å². The molecule has 0 saturated carbocycles. The van der Waals surface area contributed by atoms with Crippen molar-refractivity contribution >= 4 is 11.8 Å². The van der Waals surface area contributed by atoms with Gasteiger partial charge in [0.15, 0.2) is 0 Å². The summed E-state index contributed by atoms with van der Waals surface area (Å²) in [4.78, 5) is 34.0. The van der Waals surface area contributed by atoms with Crippen LogP contribution in [0.4, 0.5) is 0 Å². The van der Waals surface area contributed by atoms with E-state index in [0.29, 0.717) is 19.3 Å². The number of amides is 2. The number of carbonyl (C=O) groups is 2. The average molecular weight is 483 g/mol. The average Bonchev–Trinajstić information content (AvgIpc) is 3.29. The second-order valence-electron chi connectivity index (χ2n) is 10.0. The SMILES string of the molecule is O=C1CC[C@@](CCC(=O)N2CCN(Cc3ccccn3)CC2)(Cc2ccc(-c3ccccc3)cc2)N1. The third-order valence-corrected chi connectivity index (χ3v) is 7.49. The summed E-state index contributed by atoms with van der Waals surface area (Å²) in [5.74, 6) is 0.277. The molecule has 0 radical (unpaired) electrons. The van der Waals surface area contributed by atoms with Crippen molar-refractivity contribution in [2.24, 2.45) is 0 Å². The Morgan fingerprint density at radius 1 is 0.889 bits per heavy atom. The molecule has 1 atom stereocenters. The van der Waals surface area contributed by atoms with Gasteiger partial charge in [0.2, 0.25) is 11.8 Å². The summed E-state index contributed by atoms with van der Waals surface area (Å²) < 4.78 is 0. The van der Waals surface area contributed by atoms with Crippen LogP contribution in [-0.4, -0.2) is 58.3 Å². The number of carbonyl (C=O) groups excluding carboxylic acids is 2. The van der Waals surface area contributed by atoms with Gasteiger partial charge in [-0.1, -0.05) is 60.7 Å². The van der Waals surface area contributed by atoms with Crippen molar-refractivity contribution < 1.29 is 9.59 Å². The maximum Gasteiger partial charge on any atom is 0.222 e. The van der Waals surface area contributed by atoms with Gasteiger partial charge in [-0.25, -0.2) is 0 Å². The fourth-order valence-corrected chi connectivity index (χ4v) is 5.40. The summed E-state index contributed by atoms with van der Waals surface area (Å²) in [7, 11) is 0. The highest BCUT2D eigenvalue weighted by Gasteiger charge is 2.38. The predicted molar refractivity (Wildman–Crippen MR) is 141 cm³/mol. The molecule has 0 aliphatic carbocycles. The number of hydrogen-bond acceptors (Lipinski definition) is 4. The third kappa shape index (κ3) is 6.00. The van der Waals surface area contributed by atoms with E-state index in [4.69, 9.17) is 0 Å². The summed E-state index contributed by atoms with van der Waals surface area (Å²) in [6.45, 7) is 4.02. The van der Waals surface area contributed by atoms with Crippen LogP contribution in [0.1, 0.15) is 36.9 Å². The number of aromatic nitrogens is 1. The second-order valence-corrected chi connectivity index (χ2v) is 10.0. The van der Waals surface area contributed by atoms with Crippen molar-refractivity contribution in [2.45, 2.75) is 44.2 Å². The van der Waals surface area contributed by atoms with Gasteiger partial charge in [-0.3, -0.25) is 19.5 Å². The van der Waals surface area contributed by atoms with Gasteiger partial charge in [0, 0.05) is 57.3 Å². The van der Waals surface area contributed by atoms with Crippen molar-refractivity contribution in [2.75, 3.05) is 26.2 Å². The highest BCUT2D eigenvalue weighted by Crippen LogP contribution is 2.31. The summed E-state index contributed by atoms with van der Waals surface area (Å²) in [6.07, 6.45) is 5.01. The van der Waals surface area contributed by atoms with Crippen LogP contribution in [0.2, 0.25) is 0 Å². The first-order valence-electron chi connectivity index (χ1n) is 12.9. The van der Waals surface area contributed by atoms with E-state index < -0.39 is 0 Å². The van der Waals surface area contributed by atoms with E-state index in [1.54, 1.807) is 0 Å². The lowest BCUT2D eigenvalue weighted by atomic mass is 9.84. The Bertz CT molecular complexity index is 1160. The molecule has 2 aromatic carbocycles. The molecule has 0 unspecified atom stereocenters. The molecular formula is C30H34N4O2. The van der Waals surface area contributed by atoms with Gasteiger partial charge in [-0.15, -0.1) is 0 Å². The Morgan fingerprint density at radius 3 is 2.28 bits per heavy atom. The normalized spacial score (nSPS) is 20.3. The lowest BCUT2D eigenvalue weighted by Crippen LogP contribution is -2.49. The Balaban J connectivity index is 1.16. The quantitative estimate of drug-likeness (QED) is 0.526. The van der Waals surface area contributed by atoms with E-state index in [1.807, 2.05) is 47.5 Å². The number of nitrogens with zero attached hydrogens (tertiary/aromatic N) is 3. The standard InChI is InChI=1S/C30H34N4O2/c35-28-13-15-30(32-28,22-24-9-11-26(12-10-24)25-6-2-1-3-7-25)16-14-29(36)34-20-18-33(19-21-34)23-27-8-4-5-17-31-27/h1-12,17H,13-16,18-23H2,(H,32,35)/t30-/m1/s1. The zero-order valence-electron chi connectivity index (χ0n) is 20.7. The number of hydrogen-bond donors (Lipinski definition) is 1. The molecule has 2 saturated heterocycles. The first kappa shape index (κ1) is 24.2. The summed E-state index contributed by atoms with van der Waals surface area (Å²) in [6, 6.07) is 24.9. The Morgan fingerprint density at radius 2 is 1.61 bits per heavy atom. The number of nitrogens with one attached hydrogen (secondary N) is 1. The van der Waals surface area contributed by atoms with Crippen LogP contribution in [0.25, 0.3) is 11.1 Å². The number of pyridine rings is 1. The molecule has 5 rings (SSSR count). The molecule has 6 nitrogen and oxygen atoms in total. The van der Waals surface area contributed by atoms with Crippen LogP contribution in [-0.2, 0) is 22.6 Å². The van der Waals surface area contributed by atoms with E-state index >= 15 is 0 Å². The lowest BCUT2D eigenvalue weighted by Gasteiger charge is -2.36. The minimum atomic E-state index is -0.345. The molecule has 1 N–H and O–H groups in total. The van der Waals surface area contributed by atoms with Crippen LogP contribution in [0.15, 0.2) is 79.0 Å². The zero-order chi connectivity index (χ0) is 24.8. The molecule has 2 amide bonds. The highest BCUT2D eigenvalue weighted by atomic mass is 16.2. The lowest BCUT2D eigenvalue weighted by molar-refractivity contribution is -0.133. The maximum absolute atomic E-state index is 13.1. The van der Waals surface area contributed by atoms with Crippen molar-refractivity contribution in [1.29, 1.82) is 0 Å². The minimum Gasteiger partial charge on any atom is -0.350 e. The first-order valence-corrected chi connectivity index (χ1v) is 12.9. The largest absolute Gasteiger partial charge is 0.350 e. The summed E-state index contributed by atoms with van der Waals surface area (Å²) in [5, 5.41) is 3.23. The van der Waals surface area contributed by atoms with Crippen LogP contribution in [0.3, 0.4) is 0 Å². The van der Waals surface area contributed by atoms with E-state index in [1.165, 1.54) is 16.7 Å². The van der Waals surface area contributed by atoms with Gasteiger partial charge in [0.1, 0.15) is 0 Å². The molecular weight excluding hydrogens is 448 g/mol. The van der Waals surface area contributed by atoms with Crippen LogP contribution >= 0.6 is 0 Å². The van der Waals surface area contributed by atoms with E-state index in [2.05, 4.69) is 51.6 Å². The minimum absolute atomic E-state index is 0.0893. The summed E-state index contributed by atoms with van der Waals surface area (Å²) >= 11 is 0. The fourth-order valence-electron chi connectivity index (χ4n) is 5.40. The number of piperazine rings is 1. The summed E-state index contributed by atoms with van der Waals surface area (Å²) in [5.41, 5.74) is 4.28. The number of rotatable bonds is 8. The van der Waals surface area contributed by atoms with Gasteiger partial charge in [-0.2, -0.15) is 0 Å². The van der Waals surface area contributed by atoms with Gasteiger partial charge >= 0.3 is 0 Å². The molecule has 0 bridgehead atoms. The molecule has 6 heteroatoms. The Kier molecular flexibility index (Phi) is 7.42. The Hall–Kier alpha value is -3.51. The van der Waals surface area contributed by atoms with E-state index in [9.17, 15) is 9.59 Å². The molecule has 3 heterocycles. The number of benzene rings is 2. The fraction of sp³-hybridized carbons (Fsp3) is 0.367. The highest BCUT2D eigenvalue weighted by molar-refractivity contribution is 5.80. The molecule has 36 heavy (non-hydrogen) atoms. The van der Waals surface area contributed by atoms with Crippen LogP contribution in [0.5, 0.6) is 0 Å². The Labute approximate surface area is 213 Å². The zero-order valence-corrected chi connectivity index (χ0v) is 20.7.